The Kier molecular flexibility index (Phi) is 5.37. The molecule has 0 heterocycles. The van der Waals surface area contributed by atoms with Crippen molar-refractivity contribution in [2.45, 2.75) is 20.3 Å². The van der Waals surface area contributed by atoms with Gasteiger partial charge < -0.3 is 5.21 Å². The van der Waals surface area contributed by atoms with E-state index in [9.17, 15) is 0 Å². The monoisotopic (exact) mass is 164 g/mol. The number of nitriles is 1. The first kappa shape index (κ1) is 10.4. The molecule has 1 aliphatic carbocycles. The standard InChI is InChI=1S/C7H9NO.C2H3N/c1-6-3-2-4-7(5-6)8-9;1-2-3/h2-3,5,9H,4H2,1H3;1H3. The van der Waals surface area contributed by atoms with E-state index < -0.39 is 0 Å². The molecule has 0 aromatic rings. The van der Waals surface area contributed by atoms with Gasteiger partial charge in [-0.15, -0.1) is 0 Å². The summed E-state index contributed by atoms with van der Waals surface area (Å²) in [6, 6.07) is 1.75. The third kappa shape index (κ3) is 4.29. The van der Waals surface area contributed by atoms with Gasteiger partial charge in [-0.05, 0) is 18.6 Å². The van der Waals surface area contributed by atoms with Gasteiger partial charge in [-0.1, -0.05) is 17.3 Å². The fraction of sp³-hybridized carbons (Fsp3) is 0.333. The molecule has 0 spiro atoms. The predicted molar refractivity (Wildman–Crippen MR) is 48.0 cm³/mol. The molecule has 1 N–H and O–H groups in total. The van der Waals surface area contributed by atoms with Gasteiger partial charge in [0.05, 0.1) is 11.8 Å². The van der Waals surface area contributed by atoms with E-state index in [0.29, 0.717) is 0 Å². The zero-order chi connectivity index (χ0) is 9.40. The average molecular weight is 164 g/mol. The Morgan fingerprint density at radius 1 is 1.67 bits per heavy atom. The lowest BCUT2D eigenvalue weighted by Crippen LogP contribution is -1.95. The van der Waals surface area contributed by atoms with E-state index in [-0.39, 0.29) is 0 Å². The van der Waals surface area contributed by atoms with Crippen molar-refractivity contribution in [2.75, 3.05) is 0 Å². The van der Waals surface area contributed by atoms with E-state index in [4.69, 9.17) is 10.5 Å². The second-order valence-electron chi connectivity index (χ2n) is 2.31. The lowest BCUT2D eigenvalue weighted by molar-refractivity contribution is 0.318. The number of rotatable bonds is 0. The number of allylic oxidation sites excluding steroid dienone is 4. The minimum atomic E-state index is 0.731. The number of oxime groups is 1. The summed E-state index contributed by atoms with van der Waals surface area (Å²) in [5, 5.41) is 18.7. The third-order valence-corrected chi connectivity index (χ3v) is 1.23. The van der Waals surface area contributed by atoms with E-state index in [1.807, 2.05) is 25.2 Å². The van der Waals surface area contributed by atoms with Crippen molar-refractivity contribution in [3.05, 3.63) is 23.8 Å². The van der Waals surface area contributed by atoms with Crippen molar-refractivity contribution in [3.8, 4) is 6.07 Å². The molecular weight excluding hydrogens is 152 g/mol. The summed E-state index contributed by atoms with van der Waals surface area (Å²) in [6.45, 7) is 3.40. The Hall–Kier alpha value is -1.56. The molecule has 0 amide bonds. The molecule has 0 aliphatic heterocycles. The van der Waals surface area contributed by atoms with Crippen molar-refractivity contribution >= 4 is 5.71 Å². The van der Waals surface area contributed by atoms with Crippen LogP contribution in [0.1, 0.15) is 20.3 Å². The van der Waals surface area contributed by atoms with Gasteiger partial charge in [0.25, 0.3) is 0 Å². The van der Waals surface area contributed by atoms with E-state index in [1.165, 1.54) is 6.92 Å². The van der Waals surface area contributed by atoms with Gasteiger partial charge in [0, 0.05) is 13.3 Å². The van der Waals surface area contributed by atoms with E-state index >= 15 is 0 Å². The van der Waals surface area contributed by atoms with Crippen LogP contribution in [-0.2, 0) is 0 Å². The summed E-state index contributed by atoms with van der Waals surface area (Å²) in [6.07, 6.45) is 6.59. The number of nitrogens with zero attached hydrogens (tertiary/aromatic N) is 2. The second kappa shape index (κ2) is 6.17. The Bertz CT molecular complexity index is 256. The molecule has 0 atom stereocenters. The molecule has 3 heteroatoms. The lowest BCUT2D eigenvalue weighted by atomic mass is 10.1. The largest absolute Gasteiger partial charge is 0.411 e. The average Bonchev–Trinajstić information content (AvgIpc) is 2.06. The highest BCUT2D eigenvalue weighted by Gasteiger charge is 1.97. The van der Waals surface area contributed by atoms with Crippen LogP contribution in [0.5, 0.6) is 0 Å². The fourth-order valence-corrected chi connectivity index (χ4v) is 0.805. The molecule has 3 nitrogen and oxygen atoms in total. The van der Waals surface area contributed by atoms with Crippen LogP contribution in [0.4, 0.5) is 0 Å². The minimum absolute atomic E-state index is 0.731. The number of hydrogen-bond acceptors (Lipinski definition) is 3. The maximum absolute atomic E-state index is 8.32. The lowest BCUT2D eigenvalue weighted by Gasteiger charge is -2.00. The van der Waals surface area contributed by atoms with Crippen LogP contribution in [0.15, 0.2) is 29.0 Å². The Morgan fingerprint density at radius 2 is 2.25 bits per heavy atom. The van der Waals surface area contributed by atoms with Crippen LogP contribution in [0.3, 0.4) is 0 Å². The first-order valence-electron chi connectivity index (χ1n) is 3.61. The zero-order valence-electron chi connectivity index (χ0n) is 7.28. The van der Waals surface area contributed by atoms with Gasteiger partial charge in [0.15, 0.2) is 0 Å². The fourth-order valence-electron chi connectivity index (χ4n) is 0.805. The molecule has 12 heavy (non-hydrogen) atoms. The van der Waals surface area contributed by atoms with Crippen molar-refractivity contribution in [1.29, 1.82) is 5.26 Å². The molecule has 0 unspecified atom stereocenters. The summed E-state index contributed by atoms with van der Waals surface area (Å²) in [7, 11) is 0. The van der Waals surface area contributed by atoms with Crippen LogP contribution in [-0.4, -0.2) is 10.9 Å². The van der Waals surface area contributed by atoms with Crippen molar-refractivity contribution in [1.82, 2.24) is 0 Å². The van der Waals surface area contributed by atoms with Gasteiger partial charge in [0.2, 0.25) is 0 Å². The predicted octanol–water partition coefficient (Wildman–Crippen LogP) is 2.25. The molecule has 0 aromatic carbocycles. The molecule has 0 saturated carbocycles. The Balaban J connectivity index is 0.000000354. The van der Waals surface area contributed by atoms with E-state index in [0.717, 1.165) is 17.7 Å². The summed E-state index contributed by atoms with van der Waals surface area (Å²) in [4.78, 5) is 0. The highest BCUT2D eigenvalue weighted by molar-refractivity contribution is 5.97. The Morgan fingerprint density at radius 3 is 2.58 bits per heavy atom. The molecular formula is C9H12N2O. The van der Waals surface area contributed by atoms with Gasteiger partial charge in [0.1, 0.15) is 0 Å². The first-order valence-corrected chi connectivity index (χ1v) is 3.61. The molecule has 0 saturated heterocycles. The van der Waals surface area contributed by atoms with E-state index in [1.54, 1.807) is 6.07 Å². The Labute approximate surface area is 72.3 Å². The van der Waals surface area contributed by atoms with Crippen molar-refractivity contribution < 1.29 is 5.21 Å². The van der Waals surface area contributed by atoms with Gasteiger partial charge in [-0.3, -0.25) is 0 Å². The van der Waals surface area contributed by atoms with Crippen LogP contribution < -0.4 is 0 Å². The molecule has 1 aliphatic rings. The van der Waals surface area contributed by atoms with Gasteiger partial charge in [-0.2, -0.15) is 5.26 Å². The SMILES string of the molecule is CC#N.CC1=CC(=NO)CC=C1. The third-order valence-electron chi connectivity index (χ3n) is 1.23. The van der Waals surface area contributed by atoms with Gasteiger partial charge in [-0.25, -0.2) is 0 Å². The summed E-state index contributed by atoms with van der Waals surface area (Å²) in [5.74, 6) is 0. The van der Waals surface area contributed by atoms with E-state index in [2.05, 4.69) is 5.16 Å². The highest BCUT2D eigenvalue weighted by Crippen LogP contribution is 2.05. The molecule has 0 aromatic heterocycles. The summed E-state index contributed by atoms with van der Waals surface area (Å²) < 4.78 is 0. The zero-order valence-corrected chi connectivity index (χ0v) is 7.28. The van der Waals surface area contributed by atoms with Crippen molar-refractivity contribution in [3.63, 3.8) is 0 Å². The normalized spacial score (nSPS) is 17.4. The molecule has 64 valence electrons. The quantitative estimate of drug-likeness (QED) is 0.441. The van der Waals surface area contributed by atoms with Gasteiger partial charge >= 0.3 is 0 Å². The highest BCUT2D eigenvalue weighted by atomic mass is 16.4. The molecule has 0 bridgehead atoms. The van der Waals surface area contributed by atoms with Crippen LogP contribution in [0.2, 0.25) is 0 Å². The summed E-state index contributed by atoms with van der Waals surface area (Å²) in [5.41, 5.74) is 1.86. The smallest absolute Gasteiger partial charge is 0.0836 e. The van der Waals surface area contributed by atoms with Crippen LogP contribution in [0.25, 0.3) is 0 Å². The molecule has 0 fully saturated rings. The van der Waals surface area contributed by atoms with Crippen LogP contribution >= 0.6 is 0 Å². The van der Waals surface area contributed by atoms with Crippen molar-refractivity contribution in [2.24, 2.45) is 5.16 Å². The second-order valence-corrected chi connectivity index (χ2v) is 2.31. The number of hydrogen-bond donors (Lipinski definition) is 1. The van der Waals surface area contributed by atoms with Crippen LogP contribution in [0, 0.1) is 11.3 Å². The molecule has 0 radical (unpaired) electrons. The molecule has 1 rings (SSSR count). The maximum atomic E-state index is 8.32. The minimum Gasteiger partial charge on any atom is -0.411 e. The first-order chi connectivity index (χ1) is 5.74. The summed E-state index contributed by atoms with van der Waals surface area (Å²) >= 11 is 0. The maximum Gasteiger partial charge on any atom is 0.0836 e. The topological polar surface area (TPSA) is 56.4 Å².